The van der Waals surface area contributed by atoms with Crippen molar-refractivity contribution >= 4 is 5.91 Å². The molecule has 2 rings (SSSR count). The number of ether oxygens (including phenoxy) is 1. The lowest BCUT2D eigenvalue weighted by molar-refractivity contribution is -0.131. The standard InChI is InChI=1S/C11H20N2O2/c1-15-6-4-11(14)13-7-9-3-2-5-12-10(9)8-13/h9-10,12H,2-8H2,1H3. The number of amides is 1. The summed E-state index contributed by atoms with van der Waals surface area (Å²) < 4.78 is 4.93. The SMILES string of the molecule is COCCC(=O)N1CC2CCCNC2C1. The van der Waals surface area contributed by atoms with Crippen molar-refractivity contribution in [2.24, 2.45) is 5.92 Å². The summed E-state index contributed by atoms with van der Waals surface area (Å²) in [5, 5.41) is 3.50. The van der Waals surface area contributed by atoms with Gasteiger partial charge in [-0.1, -0.05) is 0 Å². The van der Waals surface area contributed by atoms with Crippen molar-refractivity contribution in [3.05, 3.63) is 0 Å². The molecule has 2 saturated heterocycles. The van der Waals surface area contributed by atoms with Crippen LogP contribution in [0.15, 0.2) is 0 Å². The minimum Gasteiger partial charge on any atom is -0.384 e. The summed E-state index contributed by atoms with van der Waals surface area (Å²) in [6.07, 6.45) is 3.04. The van der Waals surface area contributed by atoms with Crippen LogP contribution in [0, 0.1) is 5.92 Å². The van der Waals surface area contributed by atoms with E-state index in [9.17, 15) is 4.79 Å². The summed E-state index contributed by atoms with van der Waals surface area (Å²) in [6, 6.07) is 0.547. The van der Waals surface area contributed by atoms with Crippen LogP contribution < -0.4 is 5.32 Å². The maximum Gasteiger partial charge on any atom is 0.224 e. The normalized spacial score (nSPS) is 30.3. The van der Waals surface area contributed by atoms with Crippen LogP contribution in [0.4, 0.5) is 0 Å². The fraction of sp³-hybridized carbons (Fsp3) is 0.909. The smallest absolute Gasteiger partial charge is 0.224 e. The van der Waals surface area contributed by atoms with E-state index >= 15 is 0 Å². The number of likely N-dealkylation sites (tertiary alicyclic amines) is 1. The van der Waals surface area contributed by atoms with E-state index < -0.39 is 0 Å². The maximum atomic E-state index is 11.8. The van der Waals surface area contributed by atoms with Gasteiger partial charge >= 0.3 is 0 Å². The molecule has 0 aromatic carbocycles. The van der Waals surface area contributed by atoms with Gasteiger partial charge in [0.25, 0.3) is 0 Å². The Morgan fingerprint density at radius 1 is 1.53 bits per heavy atom. The third-order valence-electron chi connectivity index (χ3n) is 3.47. The number of hydrogen-bond donors (Lipinski definition) is 1. The molecule has 0 aromatic heterocycles. The van der Waals surface area contributed by atoms with Gasteiger partial charge in [-0.3, -0.25) is 4.79 Å². The highest BCUT2D eigenvalue weighted by Gasteiger charge is 2.35. The highest BCUT2D eigenvalue weighted by molar-refractivity contribution is 5.76. The van der Waals surface area contributed by atoms with Crippen LogP contribution in [0.2, 0.25) is 0 Å². The number of nitrogens with zero attached hydrogens (tertiary/aromatic N) is 1. The molecule has 86 valence electrons. The average Bonchev–Trinajstić information content (AvgIpc) is 2.69. The molecule has 4 nitrogen and oxygen atoms in total. The lowest BCUT2D eigenvalue weighted by Crippen LogP contribution is -2.41. The third kappa shape index (κ3) is 2.49. The number of piperidine rings is 1. The number of fused-ring (bicyclic) bond motifs is 1. The summed E-state index contributed by atoms with van der Waals surface area (Å²) >= 11 is 0. The molecule has 2 unspecified atom stereocenters. The Morgan fingerprint density at radius 2 is 2.40 bits per heavy atom. The van der Waals surface area contributed by atoms with Gasteiger partial charge < -0.3 is 15.0 Å². The van der Waals surface area contributed by atoms with Gasteiger partial charge in [-0.2, -0.15) is 0 Å². The molecule has 0 aromatic rings. The first kappa shape index (κ1) is 10.9. The van der Waals surface area contributed by atoms with Gasteiger partial charge in [0, 0.05) is 26.2 Å². The fourth-order valence-electron chi connectivity index (χ4n) is 2.60. The molecule has 0 aliphatic carbocycles. The number of nitrogens with one attached hydrogen (secondary N) is 1. The van der Waals surface area contributed by atoms with Gasteiger partial charge in [0.15, 0.2) is 0 Å². The number of hydrogen-bond acceptors (Lipinski definition) is 3. The molecule has 0 radical (unpaired) electrons. The second-order valence-electron chi connectivity index (χ2n) is 4.50. The molecule has 15 heavy (non-hydrogen) atoms. The second kappa shape index (κ2) is 4.94. The van der Waals surface area contributed by atoms with Gasteiger partial charge in [-0.15, -0.1) is 0 Å². The third-order valence-corrected chi connectivity index (χ3v) is 3.47. The Hall–Kier alpha value is -0.610. The molecular weight excluding hydrogens is 192 g/mol. The Bertz CT molecular complexity index is 219. The van der Waals surface area contributed by atoms with Crippen molar-refractivity contribution in [1.82, 2.24) is 10.2 Å². The van der Waals surface area contributed by atoms with Crippen molar-refractivity contribution in [1.29, 1.82) is 0 Å². The molecule has 4 heteroatoms. The second-order valence-corrected chi connectivity index (χ2v) is 4.50. The molecule has 0 bridgehead atoms. The number of methoxy groups -OCH3 is 1. The predicted molar refractivity (Wildman–Crippen MR) is 57.6 cm³/mol. The topological polar surface area (TPSA) is 41.6 Å². The van der Waals surface area contributed by atoms with Gasteiger partial charge in [-0.05, 0) is 25.3 Å². The summed E-state index contributed by atoms with van der Waals surface area (Å²) in [4.78, 5) is 13.8. The summed E-state index contributed by atoms with van der Waals surface area (Å²) in [6.45, 7) is 3.49. The zero-order valence-electron chi connectivity index (χ0n) is 9.37. The van der Waals surface area contributed by atoms with E-state index in [0.717, 1.165) is 19.6 Å². The zero-order chi connectivity index (χ0) is 10.7. The first-order valence-corrected chi connectivity index (χ1v) is 5.81. The average molecular weight is 212 g/mol. The van der Waals surface area contributed by atoms with Crippen molar-refractivity contribution in [3.63, 3.8) is 0 Å². The molecule has 0 saturated carbocycles. The number of carbonyl (C=O) groups is 1. The summed E-state index contributed by atoms with van der Waals surface area (Å²) in [5.74, 6) is 0.929. The monoisotopic (exact) mass is 212 g/mol. The molecule has 1 amide bonds. The molecular formula is C11H20N2O2. The minimum atomic E-state index is 0.244. The molecule has 1 N–H and O–H groups in total. The van der Waals surface area contributed by atoms with Gasteiger partial charge in [-0.25, -0.2) is 0 Å². The van der Waals surface area contributed by atoms with Crippen LogP contribution in [0.5, 0.6) is 0 Å². The predicted octanol–water partition coefficient (Wildman–Crippen LogP) is 0.233. The van der Waals surface area contributed by atoms with E-state index in [1.165, 1.54) is 12.8 Å². The van der Waals surface area contributed by atoms with Crippen LogP contribution in [-0.2, 0) is 9.53 Å². The molecule has 2 aliphatic heterocycles. The maximum absolute atomic E-state index is 11.8. The highest BCUT2D eigenvalue weighted by Crippen LogP contribution is 2.25. The van der Waals surface area contributed by atoms with E-state index in [-0.39, 0.29) is 5.91 Å². The lowest BCUT2D eigenvalue weighted by Gasteiger charge is -2.24. The van der Waals surface area contributed by atoms with Gasteiger partial charge in [0.2, 0.25) is 5.91 Å². The van der Waals surface area contributed by atoms with Crippen LogP contribution in [0.25, 0.3) is 0 Å². The molecule has 2 aliphatic rings. The highest BCUT2D eigenvalue weighted by atomic mass is 16.5. The van der Waals surface area contributed by atoms with E-state index in [4.69, 9.17) is 4.74 Å². The first-order chi connectivity index (χ1) is 7.31. The quantitative estimate of drug-likeness (QED) is 0.728. The largest absolute Gasteiger partial charge is 0.384 e. The Balaban J connectivity index is 1.82. The van der Waals surface area contributed by atoms with Gasteiger partial charge in [0.1, 0.15) is 0 Å². The van der Waals surface area contributed by atoms with Crippen LogP contribution in [0.3, 0.4) is 0 Å². The zero-order valence-corrected chi connectivity index (χ0v) is 9.37. The minimum absolute atomic E-state index is 0.244. The Kier molecular flexibility index (Phi) is 3.59. The van der Waals surface area contributed by atoms with E-state index in [1.54, 1.807) is 7.11 Å². The van der Waals surface area contributed by atoms with E-state index in [1.807, 2.05) is 4.90 Å². The van der Waals surface area contributed by atoms with Crippen molar-refractivity contribution < 1.29 is 9.53 Å². The Labute approximate surface area is 91.0 Å². The summed E-state index contributed by atoms with van der Waals surface area (Å²) in [5.41, 5.74) is 0. The first-order valence-electron chi connectivity index (χ1n) is 5.81. The fourth-order valence-corrected chi connectivity index (χ4v) is 2.60. The van der Waals surface area contributed by atoms with Crippen molar-refractivity contribution in [2.75, 3.05) is 33.4 Å². The van der Waals surface area contributed by atoms with Crippen LogP contribution in [0.1, 0.15) is 19.3 Å². The molecule has 2 fully saturated rings. The number of rotatable bonds is 3. The molecule has 2 atom stereocenters. The molecule has 0 spiro atoms. The molecule has 2 heterocycles. The van der Waals surface area contributed by atoms with Gasteiger partial charge in [0.05, 0.1) is 13.0 Å². The van der Waals surface area contributed by atoms with Crippen molar-refractivity contribution in [2.45, 2.75) is 25.3 Å². The van der Waals surface area contributed by atoms with Crippen LogP contribution >= 0.6 is 0 Å². The number of carbonyl (C=O) groups excluding carboxylic acids is 1. The van der Waals surface area contributed by atoms with E-state index in [2.05, 4.69) is 5.32 Å². The summed E-state index contributed by atoms with van der Waals surface area (Å²) in [7, 11) is 1.64. The van der Waals surface area contributed by atoms with Crippen LogP contribution in [-0.4, -0.2) is 50.2 Å². The Morgan fingerprint density at radius 3 is 3.13 bits per heavy atom. The van der Waals surface area contributed by atoms with E-state index in [0.29, 0.717) is 25.0 Å². The lowest BCUT2D eigenvalue weighted by atomic mass is 9.94. The van der Waals surface area contributed by atoms with Crippen molar-refractivity contribution in [3.8, 4) is 0 Å².